The second-order valence-electron chi connectivity index (χ2n) is 4.71. The smallest absolute Gasteiger partial charge is 0.387 e. The van der Waals surface area contributed by atoms with Gasteiger partial charge in [0, 0.05) is 15.1 Å². The predicted molar refractivity (Wildman–Crippen MR) is 92.9 cm³/mol. The van der Waals surface area contributed by atoms with E-state index in [1.54, 1.807) is 24.3 Å². The SMILES string of the molecule is O=C(Nc1ccccc1OC(F)F)c1sc2cc(Cl)ccc2c1Cl. The highest BCUT2D eigenvalue weighted by molar-refractivity contribution is 7.21. The minimum Gasteiger partial charge on any atom is -0.433 e. The number of carbonyl (C=O) groups is 1. The first kappa shape index (κ1) is 17.0. The highest BCUT2D eigenvalue weighted by Gasteiger charge is 2.19. The number of para-hydroxylation sites is 2. The lowest BCUT2D eigenvalue weighted by Crippen LogP contribution is -2.13. The Morgan fingerprint density at radius 2 is 1.92 bits per heavy atom. The van der Waals surface area contributed by atoms with Crippen molar-refractivity contribution < 1.29 is 18.3 Å². The Bertz CT molecular complexity index is 914. The Morgan fingerprint density at radius 3 is 2.67 bits per heavy atom. The predicted octanol–water partition coefficient (Wildman–Crippen LogP) is 6.06. The summed E-state index contributed by atoms with van der Waals surface area (Å²) >= 11 is 13.4. The highest BCUT2D eigenvalue weighted by atomic mass is 35.5. The van der Waals surface area contributed by atoms with Crippen molar-refractivity contribution in [3.05, 3.63) is 57.4 Å². The molecule has 0 fully saturated rings. The van der Waals surface area contributed by atoms with Gasteiger partial charge in [-0.3, -0.25) is 4.79 Å². The number of benzene rings is 2. The van der Waals surface area contributed by atoms with E-state index in [1.807, 2.05) is 0 Å². The molecule has 0 unspecified atom stereocenters. The Balaban J connectivity index is 1.92. The molecule has 8 heteroatoms. The Kier molecular flexibility index (Phi) is 4.89. The molecule has 24 heavy (non-hydrogen) atoms. The van der Waals surface area contributed by atoms with Crippen LogP contribution in [0.4, 0.5) is 14.5 Å². The quantitative estimate of drug-likeness (QED) is 0.590. The number of amides is 1. The van der Waals surface area contributed by atoms with Gasteiger partial charge in [0.05, 0.1) is 10.7 Å². The molecule has 0 aliphatic heterocycles. The molecule has 3 aromatic rings. The van der Waals surface area contributed by atoms with Crippen molar-refractivity contribution in [3.63, 3.8) is 0 Å². The van der Waals surface area contributed by atoms with E-state index < -0.39 is 12.5 Å². The fourth-order valence-corrected chi connectivity index (χ4v) is 3.82. The first-order valence-corrected chi connectivity index (χ1v) is 8.25. The van der Waals surface area contributed by atoms with Crippen LogP contribution in [0.2, 0.25) is 10.0 Å². The normalized spacial score (nSPS) is 11.0. The molecule has 1 aromatic heterocycles. The van der Waals surface area contributed by atoms with E-state index in [-0.39, 0.29) is 21.3 Å². The van der Waals surface area contributed by atoms with Crippen LogP contribution in [0, 0.1) is 0 Å². The number of nitrogens with one attached hydrogen (secondary N) is 1. The number of hydrogen-bond acceptors (Lipinski definition) is 3. The van der Waals surface area contributed by atoms with Gasteiger partial charge >= 0.3 is 6.61 Å². The zero-order chi connectivity index (χ0) is 17.3. The molecule has 3 rings (SSSR count). The van der Waals surface area contributed by atoms with Gasteiger partial charge in [-0.25, -0.2) is 0 Å². The molecule has 3 nitrogen and oxygen atoms in total. The van der Waals surface area contributed by atoms with E-state index in [0.29, 0.717) is 10.4 Å². The average molecular weight is 388 g/mol. The number of alkyl halides is 2. The molecule has 124 valence electrons. The summed E-state index contributed by atoms with van der Waals surface area (Å²) in [6.45, 7) is -2.99. The van der Waals surface area contributed by atoms with Crippen LogP contribution in [-0.2, 0) is 0 Å². The fraction of sp³-hybridized carbons (Fsp3) is 0.0625. The Morgan fingerprint density at radius 1 is 1.17 bits per heavy atom. The number of fused-ring (bicyclic) bond motifs is 1. The first-order chi connectivity index (χ1) is 11.5. The summed E-state index contributed by atoms with van der Waals surface area (Å²) in [5.74, 6) is -0.635. The third kappa shape index (κ3) is 3.45. The van der Waals surface area contributed by atoms with E-state index in [1.165, 1.54) is 29.5 Å². The van der Waals surface area contributed by atoms with Crippen molar-refractivity contribution in [2.45, 2.75) is 6.61 Å². The van der Waals surface area contributed by atoms with E-state index >= 15 is 0 Å². The van der Waals surface area contributed by atoms with Gasteiger partial charge in [0.1, 0.15) is 10.6 Å². The second kappa shape index (κ2) is 6.93. The maximum atomic E-state index is 12.5. The summed E-state index contributed by atoms with van der Waals surface area (Å²) in [6.07, 6.45) is 0. The lowest BCUT2D eigenvalue weighted by molar-refractivity contribution is -0.0493. The van der Waals surface area contributed by atoms with E-state index in [9.17, 15) is 13.6 Å². The molecule has 0 bridgehead atoms. The summed E-state index contributed by atoms with van der Waals surface area (Å²) < 4.78 is 30.0. The number of rotatable bonds is 4. The lowest BCUT2D eigenvalue weighted by atomic mass is 10.2. The van der Waals surface area contributed by atoms with Crippen molar-refractivity contribution in [2.75, 3.05) is 5.32 Å². The summed E-state index contributed by atoms with van der Waals surface area (Å²) in [5, 5.41) is 4.07. The van der Waals surface area contributed by atoms with Crippen molar-refractivity contribution in [1.82, 2.24) is 0 Å². The molecule has 0 radical (unpaired) electrons. The number of carbonyl (C=O) groups excluding carboxylic acids is 1. The molecule has 2 aromatic carbocycles. The molecule has 1 heterocycles. The van der Waals surface area contributed by atoms with Crippen molar-refractivity contribution >= 4 is 56.2 Å². The van der Waals surface area contributed by atoms with Crippen molar-refractivity contribution in [3.8, 4) is 5.75 Å². The topological polar surface area (TPSA) is 38.3 Å². The van der Waals surface area contributed by atoms with Gasteiger partial charge < -0.3 is 10.1 Å². The number of ether oxygens (including phenoxy) is 1. The molecule has 0 atom stereocenters. The standard InChI is InChI=1S/C16H9Cl2F2NO2S/c17-8-5-6-9-12(7-8)24-14(13(9)18)15(22)21-10-3-1-2-4-11(10)23-16(19)20/h1-7,16H,(H,21,22). The van der Waals surface area contributed by atoms with Crippen LogP contribution in [0.3, 0.4) is 0 Å². The summed E-state index contributed by atoms with van der Waals surface area (Å²) in [5.41, 5.74) is 0.134. The number of anilines is 1. The molecule has 0 saturated heterocycles. The van der Waals surface area contributed by atoms with Crippen LogP contribution in [0.5, 0.6) is 5.75 Å². The number of thiophene rings is 1. The molecule has 0 aliphatic rings. The van der Waals surface area contributed by atoms with Gasteiger partial charge in [0.25, 0.3) is 5.91 Å². The Labute approximate surface area is 149 Å². The van der Waals surface area contributed by atoms with Crippen LogP contribution < -0.4 is 10.1 Å². The molecule has 1 amide bonds. The summed E-state index contributed by atoms with van der Waals surface area (Å²) in [4.78, 5) is 12.7. The van der Waals surface area contributed by atoms with Crippen LogP contribution >= 0.6 is 34.5 Å². The van der Waals surface area contributed by atoms with E-state index in [4.69, 9.17) is 23.2 Å². The van der Waals surface area contributed by atoms with E-state index in [0.717, 1.165) is 4.70 Å². The molecule has 0 saturated carbocycles. The maximum Gasteiger partial charge on any atom is 0.387 e. The first-order valence-electron chi connectivity index (χ1n) is 6.68. The third-order valence-electron chi connectivity index (χ3n) is 3.15. The van der Waals surface area contributed by atoms with Gasteiger partial charge in [-0.05, 0) is 24.3 Å². The van der Waals surface area contributed by atoms with Crippen molar-refractivity contribution in [1.29, 1.82) is 0 Å². The highest BCUT2D eigenvalue weighted by Crippen LogP contribution is 2.37. The van der Waals surface area contributed by atoms with Gasteiger partial charge in [-0.15, -0.1) is 11.3 Å². The lowest BCUT2D eigenvalue weighted by Gasteiger charge is -2.11. The van der Waals surface area contributed by atoms with Crippen LogP contribution in [0.15, 0.2) is 42.5 Å². The minimum absolute atomic E-state index is 0.124. The summed E-state index contributed by atoms with van der Waals surface area (Å²) in [7, 11) is 0. The largest absolute Gasteiger partial charge is 0.433 e. The maximum absolute atomic E-state index is 12.5. The molecular formula is C16H9Cl2F2NO2S. The number of halogens is 4. The second-order valence-corrected chi connectivity index (χ2v) is 6.58. The minimum atomic E-state index is -2.99. The number of hydrogen-bond donors (Lipinski definition) is 1. The zero-order valence-corrected chi connectivity index (χ0v) is 14.2. The molecule has 0 spiro atoms. The zero-order valence-electron chi connectivity index (χ0n) is 11.9. The van der Waals surface area contributed by atoms with E-state index in [2.05, 4.69) is 10.1 Å². The average Bonchev–Trinajstić information content (AvgIpc) is 2.85. The van der Waals surface area contributed by atoms with Crippen molar-refractivity contribution in [2.24, 2.45) is 0 Å². The van der Waals surface area contributed by atoms with Crippen LogP contribution in [-0.4, -0.2) is 12.5 Å². The fourth-order valence-electron chi connectivity index (χ4n) is 2.13. The Hall–Kier alpha value is -1.89. The monoisotopic (exact) mass is 387 g/mol. The van der Waals surface area contributed by atoms with Gasteiger partial charge in [-0.2, -0.15) is 8.78 Å². The molecule has 0 aliphatic carbocycles. The molecular weight excluding hydrogens is 379 g/mol. The van der Waals surface area contributed by atoms with Gasteiger partial charge in [0.2, 0.25) is 0 Å². The van der Waals surface area contributed by atoms with Gasteiger partial charge in [-0.1, -0.05) is 41.4 Å². The summed E-state index contributed by atoms with van der Waals surface area (Å²) in [6, 6.07) is 11.0. The molecule has 1 N–H and O–H groups in total. The van der Waals surface area contributed by atoms with Crippen LogP contribution in [0.25, 0.3) is 10.1 Å². The van der Waals surface area contributed by atoms with Crippen LogP contribution in [0.1, 0.15) is 9.67 Å². The third-order valence-corrected chi connectivity index (χ3v) is 5.04. The van der Waals surface area contributed by atoms with Gasteiger partial charge in [0.15, 0.2) is 0 Å².